The smallest absolute Gasteiger partial charge is 0.306 e. The lowest BCUT2D eigenvalue weighted by atomic mass is 9.91. The van der Waals surface area contributed by atoms with E-state index in [4.69, 9.17) is 9.84 Å². The Morgan fingerprint density at radius 1 is 1.15 bits per heavy atom. The Labute approximate surface area is 160 Å². The Kier molecular flexibility index (Phi) is 9.44. The van der Waals surface area contributed by atoms with Crippen LogP contribution >= 0.6 is 0 Å². The number of aliphatic hydroxyl groups is 1. The van der Waals surface area contributed by atoms with Crippen molar-refractivity contribution in [3.05, 3.63) is 48.0 Å². The molecule has 6 heteroatoms. The quantitative estimate of drug-likeness (QED) is 0.457. The Hall–Kier alpha value is -2.47. The van der Waals surface area contributed by atoms with E-state index in [-0.39, 0.29) is 43.7 Å². The molecule has 0 aliphatic rings. The summed E-state index contributed by atoms with van der Waals surface area (Å²) in [5, 5.41) is 11.8. The molecule has 0 heterocycles. The fourth-order valence-corrected chi connectivity index (χ4v) is 2.54. The molecule has 0 saturated heterocycles. The Morgan fingerprint density at radius 3 is 2.26 bits per heavy atom. The predicted octanol–water partition coefficient (Wildman–Crippen LogP) is 2.19. The van der Waals surface area contributed by atoms with Gasteiger partial charge in [-0.1, -0.05) is 50.8 Å². The Morgan fingerprint density at radius 2 is 1.74 bits per heavy atom. The van der Waals surface area contributed by atoms with Gasteiger partial charge in [-0.05, 0) is 24.0 Å². The summed E-state index contributed by atoms with van der Waals surface area (Å²) in [7, 11) is 0. The SMILES string of the molecule is C=CCOC(=O)C[C@@H](C(=O)N[C@@H](C)C(=O)Cc1ccc(CO)cc1)C(C)C. The third-order valence-corrected chi connectivity index (χ3v) is 4.32. The van der Waals surface area contributed by atoms with Crippen LogP contribution in [0.25, 0.3) is 0 Å². The van der Waals surface area contributed by atoms with E-state index >= 15 is 0 Å². The van der Waals surface area contributed by atoms with Gasteiger partial charge in [-0.25, -0.2) is 0 Å². The second kappa shape index (κ2) is 11.3. The van der Waals surface area contributed by atoms with E-state index in [2.05, 4.69) is 11.9 Å². The zero-order valence-electron chi connectivity index (χ0n) is 16.2. The number of hydrogen-bond donors (Lipinski definition) is 2. The molecule has 0 radical (unpaired) electrons. The minimum Gasteiger partial charge on any atom is -0.461 e. The lowest BCUT2D eigenvalue weighted by Crippen LogP contribution is -2.44. The largest absolute Gasteiger partial charge is 0.461 e. The van der Waals surface area contributed by atoms with Gasteiger partial charge in [-0.15, -0.1) is 0 Å². The van der Waals surface area contributed by atoms with Gasteiger partial charge < -0.3 is 15.2 Å². The molecule has 0 aliphatic carbocycles. The number of amides is 1. The highest BCUT2D eigenvalue weighted by Crippen LogP contribution is 2.17. The molecule has 0 aromatic heterocycles. The normalized spacial score (nSPS) is 12.9. The number of carbonyl (C=O) groups is 3. The van der Waals surface area contributed by atoms with Gasteiger partial charge in [0.25, 0.3) is 0 Å². The van der Waals surface area contributed by atoms with E-state index in [9.17, 15) is 14.4 Å². The van der Waals surface area contributed by atoms with Crippen LogP contribution < -0.4 is 5.32 Å². The van der Waals surface area contributed by atoms with Crippen molar-refractivity contribution >= 4 is 17.7 Å². The molecule has 1 rings (SSSR count). The fraction of sp³-hybridized carbons (Fsp3) is 0.476. The first-order valence-electron chi connectivity index (χ1n) is 9.06. The first kappa shape index (κ1) is 22.6. The Bertz CT molecular complexity index is 651. The zero-order valence-corrected chi connectivity index (χ0v) is 16.2. The van der Waals surface area contributed by atoms with Crippen LogP contribution in [-0.2, 0) is 32.1 Å². The molecule has 2 atom stereocenters. The molecular formula is C21H29NO5. The monoisotopic (exact) mass is 375 g/mol. The molecule has 0 unspecified atom stereocenters. The van der Waals surface area contributed by atoms with Crippen molar-refractivity contribution in [2.45, 2.75) is 46.3 Å². The van der Waals surface area contributed by atoms with Gasteiger partial charge in [-0.2, -0.15) is 0 Å². The van der Waals surface area contributed by atoms with Gasteiger partial charge in [-0.3, -0.25) is 14.4 Å². The van der Waals surface area contributed by atoms with Crippen LogP contribution in [0.1, 0.15) is 38.3 Å². The summed E-state index contributed by atoms with van der Waals surface area (Å²) in [5.41, 5.74) is 1.59. The first-order valence-corrected chi connectivity index (χ1v) is 9.06. The summed E-state index contributed by atoms with van der Waals surface area (Å²) in [6.07, 6.45) is 1.61. The molecule has 148 valence electrons. The molecule has 0 saturated carbocycles. The van der Waals surface area contributed by atoms with Gasteiger partial charge in [0.15, 0.2) is 5.78 Å². The predicted molar refractivity (Wildman–Crippen MR) is 103 cm³/mol. The maximum absolute atomic E-state index is 12.5. The van der Waals surface area contributed by atoms with Crippen molar-refractivity contribution in [2.75, 3.05) is 6.61 Å². The number of hydrogen-bond acceptors (Lipinski definition) is 5. The molecule has 1 aromatic carbocycles. The molecule has 27 heavy (non-hydrogen) atoms. The molecule has 0 bridgehead atoms. The summed E-state index contributed by atoms with van der Waals surface area (Å²) in [4.78, 5) is 36.7. The lowest BCUT2D eigenvalue weighted by molar-refractivity contribution is -0.146. The number of rotatable bonds is 11. The van der Waals surface area contributed by atoms with Gasteiger partial charge in [0.1, 0.15) is 6.61 Å². The van der Waals surface area contributed by atoms with Gasteiger partial charge in [0.05, 0.1) is 25.0 Å². The van der Waals surface area contributed by atoms with Crippen molar-refractivity contribution < 1.29 is 24.2 Å². The number of carbonyl (C=O) groups excluding carboxylic acids is 3. The first-order chi connectivity index (χ1) is 12.8. The number of ketones is 1. The second-order valence-electron chi connectivity index (χ2n) is 6.87. The van der Waals surface area contributed by atoms with E-state index < -0.39 is 17.9 Å². The molecule has 2 N–H and O–H groups in total. The topological polar surface area (TPSA) is 92.7 Å². The summed E-state index contributed by atoms with van der Waals surface area (Å²) in [6.45, 7) is 8.87. The van der Waals surface area contributed by atoms with E-state index in [0.29, 0.717) is 0 Å². The number of aliphatic hydroxyl groups excluding tert-OH is 1. The molecule has 0 spiro atoms. The van der Waals surface area contributed by atoms with E-state index in [0.717, 1.165) is 11.1 Å². The molecule has 0 fully saturated rings. The van der Waals surface area contributed by atoms with Crippen LogP contribution in [0.3, 0.4) is 0 Å². The minimum absolute atomic E-state index is 0.0408. The van der Waals surface area contributed by atoms with Crippen LogP contribution in [0.4, 0.5) is 0 Å². The molecular weight excluding hydrogens is 346 g/mol. The molecule has 6 nitrogen and oxygen atoms in total. The number of benzene rings is 1. The number of ether oxygens (including phenoxy) is 1. The third-order valence-electron chi connectivity index (χ3n) is 4.32. The maximum Gasteiger partial charge on any atom is 0.306 e. The zero-order chi connectivity index (χ0) is 20.4. The molecule has 1 amide bonds. The number of Topliss-reactive ketones (excluding diaryl/α,β-unsaturated/α-hetero) is 1. The lowest BCUT2D eigenvalue weighted by Gasteiger charge is -2.22. The van der Waals surface area contributed by atoms with Crippen molar-refractivity contribution in [3.8, 4) is 0 Å². The highest BCUT2D eigenvalue weighted by molar-refractivity contribution is 5.91. The van der Waals surface area contributed by atoms with E-state index in [1.807, 2.05) is 13.8 Å². The standard InChI is InChI=1S/C21H29NO5/c1-5-10-27-20(25)12-18(14(2)3)21(26)22-15(4)19(24)11-16-6-8-17(13-23)9-7-16/h5-9,14-15,18,23H,1,10-13H2,2-4H3,(H,22,26)/t15-,18+/m0/s1. The number of esters is 1. The summed E-state index contributed by atoms with van der Waals surface area (Å²) in [6, 6.07) is 6.42. The van der Waals surface area contributed by atoms with Crippen LogP contribution in [0.2, 0.25) is 0 Å². The van der Waals surface area contributed by atoms with Crippen LogP contribution in [0.5, 0.6) is 0 Å². The van der Waals surface area contributed by atoms with Crippen molar-refractivity contribution in [3.63, 3.8) is 0 Å². The van der Waals surface area contributed by atoms with Gasteiger partial charge >= 0.3 is 5.97 Å². The average Bonchev–Trinajstić information content (AvgIpc) is 2.64. The van der Waals surface area contributed by atoms with Crippen LogP contribution in [-0.4, -0.2) is 35.4 Å². The summed E-state index contributed by atoms with van der Waals surface area (Å²) in [5.74, 6) is -1.57. The highest BCUT2D eigenvalue weighted by atomic mass is 16.5. The minimum atomic E-state index is -0.666. The van der Waals surface area contributed by atoms with Crippen molar-refractivity contribution in [1.29, 1.82) is 0 Å². The molecule has 0 aliphatic heterocycles. The third kappa shape index (κ3) is 7.74. The van der Waals surface area contributed by atoms with E-state index in [1.54, 1.807) is 31.2 Å². The maximum atomic E-state index is 12.5. The van der Waals surface area contributed by atoms with E-state index in [1.165, 1.54) is 6.08 Å². The Balaban J connectivity index is 2.63. The second-order valence-corrected chi connectivity index (χ2v) is 6.87. The highest BCUT2D eigenvalue weighted by Gasteiger charge is 2.28. The number of nitrogens with one attached hydrogen (secondary N) is 1. The fourth-order valence-electron chi connectivity index (χ4n) is 2.54. The van der Waals surface area contributed by atoms with Crippen LogP contribution in [0, 0.1) is 11.8 Å². The average molecular weight is 375 g/mol. The van der Waals surface area contributed by atoms with Gasteiger partial charge in [0, 0.05) is 6.42 Å². The van der Waals surface area contributed by atoms with Crippen LogP contribution in [0.15, 0.2) is 36.9 Å². The van der Waals surface area contributed by atoms with Crippen molar-refractivity contribution in [2.24, 2.45) is 11.8 Å². The van der Waals surface area contributed by atoms with Gasteiger partial charge in [0.2, 0.25) is 5.91 Å². The van der Waals surface area contributed by atoms with Crippen molar-refractivity contribution in [1.82, 2.24) is 5.32 Å². The molecule has 1 aromatic rings. The summed E-state index contributed by atoms with van der Waals surface area (Å²) >= 11 is 0. The summed E-state index contributed by atoms with van der Waals surface area (Å²) < 4.78 is 4.95.